The molecule has 21 heavy (non-hydrogen) atoms. The van der Waals surface area contributed by atoms with Crippen molar-refractivity contribution < 1.29 is 12.8 Å². The molecule has 0 aromatic heterocycles. The van der Waals surface area contributed by atoms with Crippen molar-refractivity contribution in [2.75, 3.05) is 13.6 Å². The first-order valence-corrected chi connectivity index (χ1v) is 8.86. The zero-order chi connectivity index (χ0) is 15.6. The van der Waals surface area contributed by atoms with E-state index in [1.54, 1.807) is 0 Å². The maximum atomic E-state index is 14.5. The van der Waals surface area contributed by atoms with Gasteiger partial charge in [-0.1, -0.05) is 24.9 Å². The molecule has 7 heteroatoms. The van der Waals surface area contributed by atoms with Crippen LogP contribution in [0.4, 0.5) is 4.39 Å². The Morgan fingerprint density at radius 3 is 2.62 bits per heavy atom. The Labute approximate surface area is 130 Å². The second-order valence-corrected chi connectivity index (χ2v) is 7.67. The van der Waals surface area contributed by atoms with Crippen molar-refractivity contribution in [2.24, 2.45) is 0 Å². The molecule has 0 radical (unpaired) electrons. The highest BCUT2D eigenvalue weighted by Crippen LogP contribution is 2.31. The number of hydrogen-bond donors (Lipinski definition) is 1. The quantitative estimate of drug-likeness (QED) is 0.870. The minimum absolute atomic E-state index is 0.0365. The monoisotopic (exact) mass is 334 g/mol. The molecule has 1 aromatic rings. The SMILES string of the molecule is CCNCc1cc(Cl)cc(S(=O)(=O)N(C)C2CCC2)c1F. The third kappa shape index (κ3) is 3.39. The Kier molecular flexibility index (Phi) is 5.24. The summed E-state index contributed by atoms with van der Waals surface area (Å²) in [5.74, 6) is -0.716. The lowest BCUT2D eigenvalue weighted by Crippen LogP contribution is -2.41. The van der Waals surface area contributed by atoms with Crippen molar-refractivity contribution in [3.8, 4) is 0 Å². The zero-order valence-electron chi connectivity index (χ0n) is 12.2. The average Bonchev–Trinajstić information content (AvgIpc) is 2.37. The second kappa shape index (κ2) is 6.60. The molecule has 0 aliphatic heterocycles. The Bertz CT molecular complexity index is 618. The van der Waals surface area contributed by atoms with Crippen LogP contribution < -0.4 is 5.32 Å². The van der Waals surface area contributed by atoms with Gasteiger partial charge in [-0.3, -0.25) is 0 Å². The summed E-state index contributed by atoms with van der Waals surface area (Å²) in [5.41, 5.74) is 0.268. The number of benzene rings is 1. The number of nitrogens with one attached hydrogen (secondary N) is 1. The molecule has 0 saturated heterocycles. The smallest absolute Gasteiger partial charge is 0.246 e. The predicted molar refractivity (Wildman–Crippen MR) is 81.4 cm³/mol. The summed E-state index contributed by atoms with van der Waals surface area (Å²) in [5, 5.41) is 3.21. The van der Waals surface area contributed by atoms with Crippen LogP contribution >= 0.6 is 11.6 Å². The van der Waals surface area contributed by atoms with Gasteiger partial charge >= 0.3 is 0 Å². The van der Waals surface area contributed by atoms with Gasteiger partial charge in [-0.2, -0.15) is 4.31 Å². The fraction of sp³-hybridized carbons (Fsp3) is 0.571. The Balaban J connectivity index is 2.39. The van der Waals surface area contributed by atoms with E-state index in [4.69, 9.17) is 11.6 Å². The van der Waals surface area contributed by atoms with Crippen LogP contribution in [0.3, 0.4) is 0 Å². The first-order chi connectivity index (χ1) is 9.87. The molecule has 1 fully saturated rings. The third-order valence-electron chi connectivity index (χ3n) is 3.89. The molecule has 118 valence electrons. The molecule has 0 amide bonds. The van der Waals surface area contributed by atoms with E-state index < -0.39 is 15.8 Å². The first kappa shape index (κ1) is 16.7. The maximum Gasteiger partial charge on any atom is 0.246 e. The number of halogens is 2. The Morgan fingerprint density at radius 1 is 1.43 bits per heavy atom. The van der Waals surface area contributed by atoms with E-state index in [0.29, 0.717) is 6.54 Å². The number of nitrogens with zero attached hydrogens (tertiary/aromatic N) is 1. The minimum atomic E-state index is -3.85. The normalized spacial score (nSPS) is 16.2. The van der Waals surface area contributed by atoms with Crippen molar-refractivity contribution in [2.45, 2.75) is 43.7 Å². The number of sulfonamides is 1. The predicted octanol–water partition coefficient (Wildman–Crippen LogP) is 2.76. The summed E-state index contributed by atoms with van der Waals surface area (Å²) in [7, 11) is -2.35. The highest BCUT2D eigenvalue weighted by Gasteiger charge is 2.34. The van der Waals surface area contributed by atoms with Crippen LogP contribution in [0.15, 0.2) is 17.0 Å². The van der Waals surface area contributed by atoms with E-state index >= 15 is 0 Å². The van der Waals surface area contributed by atoms with Crippen molar-refractivity contribution in [1.29, 1.82) is 0 Å². The summed E-state index contributed by atoms with van der Waals surface area (Å²) < 4.78 is 40.9. The maximum absolute atomic E-state index is 14.5. The fourth-order valence-electron chi connectivity index (χ4n) is 2.30. The van der Waals surface area contributed by atoms with Gasteiger partial charge in [0.05, 0.1) is 0 Å². The van der Waals surface area contributed by atoms with E-state index in [-0.39, 0.29) is 28.1 Å². The molecule has 0 unspecified atom stereocenters. The lowest BCUT2D eigenvalue weighted by atomic mass is 9.94. The van der Waals surface area contributed by atoms with Crippen molar-refractivity contribution in [3.05, 3.63) is 28.5 Å². The number of hydrogen-bond acceptors (Lipinski definition) is 3. The topological polar surface area (TPSA) is 49.4 Å². The molecule has 1 aromatic carbocycles. The first-order valence-electron chi connectivity index (χ1n) is 7.04. The Hall–Kier alpha value is -0.690. The molecule has 4 nitrogen and oxygen atoms in total. The van der Waals surface area contributed by atoms with Gasteiger partial charge in [-0.15, -0.1) is 0 Å². The van der Waals surface area contributed by atoms with Gasteiger partial charge in [-0.05, 0) is 31.5 Å². The highest BCUT2D eigenvalue weighted by atomic mass is 35.5. The molecule has 0 bridgehead atoms. The summed E-state index contributed by atoms with van der Waals surface area (Å²) >= 11 is 5.96. The van der Waals surface area contributed by atoms with E-state index in [1.165, 1.54) is 23.5 Å². The van der Waals surface area contributed by atoms with Crippen LogP contribution in [0, 0.1) is 5.82 Å². The summed E-state index contributed by atoms with van der Waals surface area (Å²) in [6, 6.07) is 2.62. The molecular formula is C14H20ClFN2O2S. The van der Waals surface area contributed by atoms with Crippen LogP contribution in [0.2, 0.25) is 5.02 Å². The van der Waals surface area contributed by atoms with Crippen molar-refractivity contribution in [1.82, 2.24) is 9.62 Å². The molecular weight excluding hydrogens is 315 g/mol. The fourth-order valence-corrected chi connectivity index (χ4v) is 4.15. The van der Waals surface area contributed by atoms with E-state index in [0.717, 1.165) is 19.3 Å². The molecule has 0 heterocycles. The van der Waals surface area contributed by atoms with Crippen molar-refractivity contribution >= 4 is 21.6 Å². The third-order valence-corrected chi connectivity index (χ3v) is 6.02. The van der Waals surface area contributed by atoms with Crippen LogP contribution in [-0.2, 0) is 16.6 Å². The van der Waals surface area contributed by atoms with Gasteiger partial charge in [0.1, 0.15) is 10.7 Å². The molecule has 1 saturated carbocycles. The number of rotatable bonds is 6. The van der Waals surface area contributed by atoms with E-state index in [2.05, 4.69) is 5.32 Å². The summed E-state index contributed by atoms with van der Waals surface area (Å²) in [4.78, 5) is -0.336. The van der Waals surface area contributed by atoms with E-state index in [1.807, 2.05) is 6.92 Å². The van der Waals surface area contributed by atoms with Gasteiger partial charge in [0.2, 0.25) is 10.0 Å². The molecule has 1 N–H and O–H groups in total. The molecule has 0 atom stereocenters. The van der Waals surface area contributed by atoms with Crippen LogP contribution in [0.5, 0.6) is 0 Å². The van der Waals surface area contributed by atoms with Gasteiger partial charge < -0.3 is 5.32 Å². The summed E-state index contributed by atoms with van der Waals surface area (Å²) in [6.45, 7) is 2.80. The minimum Gasteiger partial charge on any atom is -0.313 e. The molecule has 1 aliphatic rings. The zero-order valence-corrected chi connectivity index (χ0v) is 13.8. The summed E-state index contributed by atoms with van der Waals surface area (Å²) in [6.07, 6.45) is 2.65. The Morgan fingerprint density at radius 2 is 2.10 bits per heavy atom. The highest BCUT2D eigenvalue weighted by molar-refractivity contribution is 7.89. The molecule has 1 aliphatic carbocycles. The van der Waals surface area contributed by atoms with Crippen LogP contribution in [0.1, 0.15) is 31.7 Å². The second-order valence-electron chi connectivity index (χ2n) is 5.26. The standard InChI is InChI=1S/C14H20ClFN2O2S/c1-3-17-9-10-7-11(15)8-13(14(10)16)21(19,20)18(2)12-5-4-6-12/h7-8,12,17H,3-6,9H2,1-2H3. The van der Waals surface area contributed by atoms with Gasteiger partial charge in [0, 0.05) is 30.2 Å². The lowest BCUT2D eigenvalue weighted by molar-refractivity contribution is 0.249. The van der Waals surface area contributed by atoms with Gasteiger partial charge in [-0.25, -0.2) is 12.8 Å². The van der Waals surface area contributed by atoms with Crippen molar-refractivity contribution in [3.63, 3.8) is 0 Å². The van der Waals surface area contributed by atoms with Crippen LogP contribution in [-0.4, -0.2) is 32.4 Å². The van der Waals surface area contributed by atoms with Gasteiger partial charge in [0.15, 0.2) is 0 Å². The van der Waals surface area contributed by atoms with Gasteiger partial charge in [0.25, 0.3) is 0 Å². The molecule has 0 spiro atoms. The van der Waals surface area contributed by atoms with Crippen LogP contribution in [0.25, 0.3) is 0 Å². The van der Waals surface area contributed by atoms with E-state index in [9.17, 15) is 12.8 Å². The lowest BCUT2D eigenvalue weighted by Gasteiger charge is -2.33. The average molecular weight is 335 g/mol. The largest absolute Gasteiger partial charge is 0.313 e. The molecule has 2 rings (SSSR count).